The molecule has 2 atom stereocenters. The molecule has 0 aliphatic carbocycles. The fourth-order valence-electron chi connectivity index (χ4n) is 2.79. The lowest BCUT2D eigenvalue weighted by Gasteiger charge is -2.21. The molecule has 0 saturated carbocycles. The quantitative estimate of drug-likeness (QED) is 0.874. The minimum absolute atomic E-state index is 0.138. The van der Waals surface area contributed by atoms with E-state index < -0.39 is 6.10 Å². The molecule has 1 fully saturated rings. The molecule has 124 valence electrons. The molecule has 5 heteroatoms. The van der Waals surface area contributed by atoms with Gasteiger partial charge in [-0.25, -0.2) is 0 Å². The highest BCUT2D eigenvalue weighted by Crippen LogP contribution is 2.19. The van der Waals surface area contributed by atoms with Gasteiger partial charge in [-0.05, 0) is 51.8 Å². The summed E-state index contributed by atoms with van der Waals surface area (Å²) in [7, 11) is 0. The van der Waals surface area contributed by atoms with Crippen molar-refractivity contribution in [3.63, 3.8) is 0 Å². The van der Waals surface area contributed by atoms with Gasteiger partial charge in [-0.15, -0.1) is 0 Å². The number of hydrogen-bond acceptors (Lipinski definition) is 4. The second-order valence-electron chi connectivity index (χ2n) is 6.36. The number of hydrogen-bond donors (Lipinski definition) is 1. The van der Waals surface area contributed by atoms with Gasteiger partial charge in [0, 0.05) is 19.1 Å². The summed E-state index contributed by atoms with van der Waals surface area (Å²) in [6.07, 6.45) is 0.498. The van der Waals surface area contributed by atoms with Crippen LogP contribution in [0.1, 0.15) is 32.8 Å². The highest BCUT2D eigenvalue weighted by atomic mass is 16.5. The van der Waals surface area contributed by atoms with Crippen molar-refractivity contribution < 1.29 is 9.53 Å². The van der Waals surface area contributed by atoms with Crippen LogP contribution in [-0.2, 0) is 4.79 Å². The van der Waals surface area contributed by atoms with Crippen LogP contribution in [-0.4, -0.2) is 42.6 Å². The smallest absolute Gasteiger partial charge is 0.260 e. The molecule has 23 heavy (non-hydrogen) atoms. The lowest BCUT2D eigenvalue weighted by Crippen LogP contribution is -2.39. The second kappa shape index (κ2) is 7.98. The number of nitriles is 1. The third kappa shape index (κ3) is 4.70. The van der Waals surface area contributed by atoms with Crippen molar-refractivity contribution in [3.8, 4) is 11.8 Å². The van der Waals surface area contributed by atoms with Crippen LogP contribution in [0.15, 0.2) is 24.3 Å². The van der Waals surface area contributed by atoms with Gasteiger partial charge in [0.05, 0.1) is 5.56 Å². The van der Waals surface area contributed by atoms with E-state index in [0.29, 0.717) is 29.8 Å². The molecular formula is C18H25N3O2. The molecule has 2 rings (SSSR count). The lowest BCUT2D eigenvalue weighted by atomic mass is 10.1. The largest absolute Gasteiger partial charge is 0.480 e. The van der Waals surface area contributed by atoms with Gasteiger partial charge >= 0.3 is 0 Å². The zero-order valence-corrected chi connectivity index (χ0v) is 14.1. The first-order chi connectivity index (χ1) is 11.0. The maximum absolute atomic E-state index is 12.2. The molecule has 0 bridgehead atoms. The van der Waals surface area contributed by atoms with Crippen molar-refractivity contribution in [2.45, 2.75) is 39.3 Å². The van der Waals surface area contributed by atoms with Gasteiger partial charge in [0.1, 0.15) is 11.8 Å². The van der Waals surface area contributed by atoms with E-state index in [4.69, 9.17) is 10.00 Å². The van der Waals surface area contributed by atoms with Crippen LogP contribution in [0.4, 0.5) is 0 Å². The molecule has 1 aliphatic rings. The molecule has 0 radical (unpaired) electrons. The average molecular weight is 315 g/mol. The first-order valence-corrected chi connectivity index (χ1v) is 8.18. The molecule has 1 aromatic carbocycles. The summed E-state index contributed by atoms with van der Waals surface area (Å²) in [5.41, 5.74) is 0.440. The van der Waals surface area contributed by atoms with Gasteiger partial charge in [-0.1, -0.05) is 12.1 Å². The second-order valence-corrected chi connectivity index (χ2v) is 6.36. The topological polar surface area (TPSA) is 65.4 Å². The number of rotatable bonds is 6. The number of carbonyl (C=O) groups is 1. The van der Waals surface area contributed by atoms with Crippen molar-refractivity contribution in [3.05, 3.63) is 29.8 Å². The highest BCUT2D eigenvalue weighted by molar-refractivity contribution is 5.80. The minimum Gasteiger partial charge on any atom is -0.480 e. The van der Waals surface area contributed by atoms with Crippen molar-refractivity contribution in [1.82, 2.24) is 10.2 Å². The molecule has 0 spiro atoms. The fraction of sp³-hybridized carbons (Fsp3) is 0.556. The molecule has 1 saturated heterocycles. The Balaban J connectivity index is 1.81. The van der Waals surface area contributed by atoms with Crippen molar-refractivity contribution in [2.24, 2.45) is 5.92 Å². The van der Waals surface area contributed by atoms with Crippen molar-refractivity contribution >= 4 is 5.91 Å². The third-order valence-electron chi connectivity index (χ3n) is 4.29. The number of nitrogens with one attached hydrogen (secondary N) is 1. The number of likely N-dealkylation sites (tertiary alicyclic amines) is 1. The molecule has 5 nitrogen and oxygen atoms in total. The third-order valence-corrected chi connectivity index (χ3v) is 4.29. The van der Waals surface area contributed by atoms with Gasteiger partial charge in [-0.2, -0.15) is 5.26 Å². The van der Waals surface area contributed by atoms with Gasteiger partial charge in [-0.3, -0.25) is 4.79 Å². The van der Waals surface area contributed by atoms with Crippen LogP contribution in [0.3, 0.4) is 0 Å². The van der Waals surface area contributed by atoms with Crippen LogP contribution in [0.2, 0.25) is 0 Å². The molecule has 1 aromatic rings. The highest BCUT2D eigenvalue weighted by Gasteiger charge is 2.25. The summed E-state index contributed by atoms with van der Waals surface area (Å²) >= 11 is 0. The van der Waals surface area contributed by atoms with E-state index in [0.717, 1.165) is 19.5 Å². The van der Waals surface area contributed by atoms with Crippen LogP contribution in [0.25, 0.3) is 0 Å². The van der Waals surface area contributed by atoms with Gasteiger partial charge in [0.25, 0.3) is 5.91 Å². The van der Waals surface area contributed by atoms with Gasteiger partial charge < -0.3 is 15.0 Å². The van der Waals surface area contributed by atoms with Gasteiger partial charge in [0.15, 0.2) is 6.10 Å². The number of carbonyl (C=O) groups excluding carboxylic acids is 1. The fourth-order valence-corrected chi connectivity index (χ4v) is 2.79. The molecule has 1 N–H and O–H groups in total. The molecule has 1 aliphatic heterocycles. The van der Waals surface area contributed by atoms with E-state index in [1.807, 2.05) is 0 Å². The monoisotopic (exact) mass is 315 g/mol. The van der Waals surface area contributed by atoms with E-state index in [1.165, 1.54) is 0 Å². The first kappa shape index (κ1) is 17.3. The zero-order chi connectivity index (χ0) is 16.8. The van der Waals surface area contributed by atoms with Gasteiger partial charge in [0.2, 0.25) is 0 Å². The normalized spacial score (nSPS) is 19.3. The van der Waals surface area contributed by atoms with Crippen molar-refractivity contribution in [2.75, 3.05) is 19.6 Å². The maximum Gasteiger partial charge on any atom is 0.260 e. The Morgan fingerprint density at radius 1 is 1.43 bits per heavy atom. The molecule has 1 amide bonds. The lowest BCUT2D eigenvalue weighted by molar-refractivity contribution is -0.127. The Kier molecular flexibility index (Phi) is 6.00. The Morgan fingerprint density at radius 3 is 2.83 bits per heavy atom. The summed E-state index contributed by atoms with van der Waals surface area (Å²) in [5, 5.41) is 12.0. The average Bonchev–Trinajstić information content (AvgIpc) is 3.02. The maximum atomic E-state index is 12.2. The molecular weight excluding hydrogens is 290 g/mol. The molecule has 0 unspecified atom stereocenters. The Bertz CT molecular complexity index is 580. The number of amides is 1. The van der Waals surface area contributed by atoms with E-state index in [1.54, 1.807) is 31.2 Å². The van der Waals surface area contributed by atoms with Crippen LogP contribution in [0.5, 0.6) is 5.75 Å². The Labute approximate surface area is 138 Å². The number of benzene rings is 1. The summed E-state index contributed by atoms with van der Waals surface area (Å²) in [6, 6.07) is 9.58. The van der Waals surface area contributed by atoms with Crippen molar-refractivity contribution in [1.29, 1.82) is 5.26 Å². The number of para-hydroxylation sites is 1. The standard InChI is InChI=1S/C18H25N3O2/c1-13(2)21-9-8-15(12-21)11-20-18(22)14(3)23-17-7-5-4-6-16(17)10-19/h4-7,13-15H,8-9,11-12H2,1-3H3,(H,20,22)/t14-,15-/m1/s1. The minimum atomic E-state index is -0.618. The van der Waals surface area contributed by atoms with Crippen LogP contribution >= 0.6 is 0 Å². The zero-order valence-electron chi connectivity index (χ0n) is 14.1. The van der Waals surface area contributed by atoms with Crippen LogP contribution < -0.4 is 10.1 Å². The summed E-state index contributed by atoms with van der Waals surface area (Å²) < 4.78 is 5.63. The van der Waals surface area contributed by atoms with E-state index in [9.17, 15) is 4.79 Å². The van der Waals surface area contributed by atoms with E-state index in [-0.39, 0.29) is 5.91 Å². The summed E-state index contributed by atoms with van der Waals surface area (Å²) in [4.78, 5) is 14.6. The molecule has 1 heterocycles. The van der Waals surface area contributed by atoms with E-state index >= 15 is 0 Å². The van der Waals surface area contributed by atoms with E-state index in [2.05, 4.69) is 30.1 Å². The SMILES string of the molecule is CC(C)N1CC[C@H](CNC(=O)[C@@H](C)Oc2ccccc2C#N)C1. The number of nitrogens with zero attached hydrogens (tertiary/aromatic N) is 2. The summed E-state index contributed by atoms with van der Waals surface area (Å²) in [5.74, 6) is 0.810. The Hall–Kier alpha value is -2.06. The Morgan fingerprint density at radius 2 is 2.17 bits per heavy atom. The first-order valence-electron chi connectivity index (χ1n) is 8.18. The molecule has 0 aromatic heterocycles. The van der Waals surface area contributed by atoms with Crippen LogP contribution in [0, 0.1) is 17.2 Å². The predicted molar refractivity (Wildman–Crippen MR) is 89.1 cm³/mol. The predicted octanol–water partition coefficient (Wildman–Crippen LogP) is 2.17. The summed E-state index contributed by atoms with van der Waals surface area (Å²) in [6.45, 7) is 8.91. The number of ether oxygens (including phenoxy) is 1.